The third kappa shape index (κ3) is 3.47. The molecule has 0 spiro atoms. The van der Waals surface area contributed by atoms with Gasteiger partial charge in [0.2, 0.25) is 0 Å². The monoisotopic (exact) mass is 303 g/mol. The number of hydrogen-bond donors (Lipinski definition) is 3. The molecule has 16 heavy (non-hydrogen) atoms. The Labute approximate surface area is 107 Å². The van der Waals surface area contributed by atoms with E-state index < -0.39 is 0 Å². The maximum atomic E-state index is 11.5. The number of nitrogens with one attached hydrogen (secondary N) is 3. The molecule has 6 heteroatoms. The largest absolute Gasteiger partial charge is 0.336 e. The summed E-state index contributed by atoms with van der Waals surface area (Å²) in [5, 5.41) is 9.84. The van der Waals surface area contributed by atoms with Crippen molar-refractivity contribution in [2.45, 2.75) is 18.9 Å². The maximum Gasteiger partial charge on any atom is 0.319 e. The lowest BCUT2D eigenvalue weighted by atomic mass is 10.2. The zero-order chi connectivity index (χ0) is 11.4. The van der Waals surface area contributed by atoms with Gasteiger partial charge >= 0.3 is 6.03 Å². The van der Waals surface area contributed by atoms with Crippen LogP contribution in [-0.4, -0.2) is 25.2 Å². The van der Waals surface area contributed by atoms with Gasteiger partial charge in [-0.05, 0) is 47.4 Å². The van der Waals surface area contributed by atoms with Crippen molar-refractivity contribution in [3.8, 4) is 0 Å². The van der Waals surface area contributed by atoms with E-state index in [1.807, 2.05) is 12.1 Å². The summed E-state index contributed by atoms with van der Waals surface area (Å²) in [6.45, 7) is 1.75. The van der Waals surface area contributed by atoms with Gasteiger partial charge in [0, 0.05) is 12.6 Å². The number of rotatable bonds is 3. The molecule has 1 fully saturated rings. The van der Waals surface area contributed by atoms with E-state index >= 15 is 0 Å². The van der Waals surface area contributed by atoms with Gasteiger partial charge in [0.1, 0.15) is 0 Å². The minimum absolute atomic E-state index is 0.136. The Morgan fingerprint density at radius 1 is 1.62 bits per heavy atom. The Morgan fingerprint density at radius 2 is 2.50 bits per heavy atom. The molecule has 88 valence electrons. The summed E-state index contributed by atoms with van der Waals surface area (Å²) in [6, 6.07) is 4.09. The molecule has 1 aromatic heterocycles. The molecule has 2 heterocycles. The van der Waals surface area contributed by atoms with Crippen LogP contribution in [0.4, 0.5) is 9.80 Å². The summed E-state index contributed by atoms with van der Waals surface area (Å²) in [5.41, 5.74) is 0. The van der Waals surface area contributed by atoms with Crippen LogP contribution < -0.4 is 16.0 Å². The van der Waals surface area contributed by atoms with Gasteiger partial charge in [-0.25, -0.2) is 4.79 Å². The molecule has 1 atom stereocenters. The molecule has 0 saturated carbocycles. The van der Waals surface area contributed by atoms with E-state index in [9.17, 15) is 4.79 Å². The molecule has 0 aliphatic carbocycles. The van der Waals surface area contributed by atoms with Crippen molar-refractivity contribution < 1.29 is 4.79 Å². The molecule has 1 saturated heterocycles. The van der Waals surface area contributed by atoms with Crippen LogP contribution in [0.25, 0.3) is 0 Å². The third-order valence-electron chi connectivity index (χ3n) is 2.48. The Bertz CT molecular complexity index is 363. The number of hydrogen-bond acceptors (Lipinski definition) is 3. The van der Waals surface area contributed by atoms with Gasteiger partial charge in [-0.3, -0.25) is 5.32 Å². The number of carbonyl (C=O) groups is 1. The Balaban J connectivity index is 1.71. The predicted octanol–water partition coefficient (Wildman–Crippen LogP) is 2.38. The highest BCUT2D eigenvalue weighted by atomic mass is 79.9. The van der Waals surface area contributed by atoms with Gasteiger partial charge in [-0.15, -0.1) is 11.3 Å². The van der Waals surface area contributed by atoms with Gasteiger partial charge < -0.3 is 10.6 Å². The summed E-state index contributed by atoms with van der Waals surface area (Å²) in [6.07, 6.45) is 2.34. The molecule has 1 aromatic rings. The zero-order valence-corrected chi connectivity index (χ0v) is 11.2. The number of halogens is 1. The van der Waals surface area contributed by atoms with Crippen molar-refractivity contribution in [1.29, 1.82) is 0 Å². The van der Waals surface area contributed by atoms with E-state index in [2.05, 4.69) is 31.9 Å². The van der Waals surface area contributed by atoms with Crippen molar-refractivity contribution in [3.05, 3.63) is 15.9 Å². The number of amides is 2. The Morgan fingerprint density at radius 3 is 3.12 bits per heavy atom. The van der Waals surface area contributed by atoms with Gasteiger partial charge in [-0.1, -0.05) is 0 Å². The third-order valence-corrected chi connectivity index (χ3v) is 4.02. The minimum Gasteiger partial charge on any atom is -0.336 e. The smallest absolute Gasteiger partial charge is 0.319 e. The average Bonchev–Trinajstić information content (AvgIpc) is 2.87. The van der Waals surface area contributed by atoms with Crippen molar-refractivity contribution in [2.24, 2.45) is 0 Å². The summed E-state index contributed by atoms with van der Waals surface area (Å²) < 4.78 is 1.01. The second-order valence-corrected chi connectivity index (χ2v) is 6.20. The first-order chi connectivity index (χ1) is 7.74. The molecule has 2 rings (SSSR count). The first-order valence-electron chi connectivity index (χ1n) is 5.27. The molecule has 1 aliphatic heterocycles. The topological polar surface area (TPSA) is 53.2 Å². The van der Waals surface area contributed by atoms with Gasteiger partial charge in [0.15, 0.2) is 0 Å². The highest BCUT2D eigenvalue weighted by molar-refractivity contribution is 9.11. The highest BCUT2D eigenvalue weighted by Gasteiger charge is 2.14. The number of carbonyl (C=O) groups excluding carboxylic acids is 1. The van der Waals surface area contributed by atoms with Crippen LogP contribution >= 0.6 is 27.3 Å². The zero-order valence-electron chi connectivity index (χ0n) is 8.75. The standard InChI is InChI=1S/C10H14BrN3OS/c11-8-3-4-9(16-8)14-10(15)13-6-7-2-1-5-12-7/h3-4,7,12H,1-2,5-6H2,(H2,13,14,15). The van der Waals surface area contributed by atoms with E-state index in [-0.39, 0.29) is 6.03 Å². The second kappa shape index (κ2) is 5.65. The quantitative estimate of drug-likeness (QED) is 0.803. The SMILES string of the molecule is O=C(NCC1CCCN1)Nc1ccc(Br)s1. The fraction of sp³-hybridized carbons (Fsp3) is 0.500. The van der Waals surface area contributed by atoms with Gasteiger partial charge in [0.25, 0.3) is 0 Å². The molecule has 3 N–H and O–H groups in total. The normalized spacial score (nSPS) is 19.7. The van der Waals surface area contributed by atoms with Gasteiger partial charge in [0.05, 0.1) is 8.79 Å². The molecule has 0 bridgehead atoms. The first kappa shape index (κ1) is 11.9. The van der Waals surface area contributed by atoms with Crippen LogP contribution in [0.2, 0.25) is 0 Å². The lowest BCUT2D eigenvalue weighted by molar-refractivity contribution is 0.251. The van der Waals surface area contributed by atoms with Crippen molar-refractivity contribution in [3.63, 3.8) is 0 Å². The van der Waals surface area contributed by atoms with Crippen molar-refractivity contribution >= 4 is 38.3 Å². The van der Waals surface area contributed by atoms with E-state index in [1.165, 1.54) is 17.8 Å². The molecule has 4 nitrogen and oxygen atoms in total. The first-order valence-corrected chi connectivity index (χ1v) is 6.88. The maximum absolute atomic E-state index is 11.5. The molecule has 0 aromatic carbocycles. The van der Waals surface area contributed by atoms with E-state index in [4.69, 9.17) is 0 Å². The molecular formula is C10H14BrN3OS. The average molecular weight is 304 g/mol. The van der Waals surface area contributed by atoms with E-state index in [1.54, 1.807) is 0 Å². The summed E-state index contributed by atoms with van der Waals surface area (Å²) in [4.78, 5) is 11.5. The Hall–Kier alpha value is -0.590. The fourth-order valence-corrected chi connectivity index (χ4v) is 2.97. The Kier molecular flexibility index (Phi) is 4.20. The summed E-state index contributed by atoms with van der Waals surface area (Å²) >= 11 is 4.86. The van der Waals surface area contributed by atoms with E-state index in [0.29, 0.717) is 12.6 Å². The lowest BCUT2D eigenvalue weighted by Gasteiger charge is -2.11. The molecule has 2 amide bonds. The van der Waals surface area contributed by atoms with Crippen molar-refractivity contribution in [1.82, 2.24) is 10.6 Å². The number of anilines is 1. The number of thiophene rings is 1. The molecular weight excluding hydrogens is 290 g/mol. The summed E-state index contributed by atoms with van der Waals surface area (Å²) in [7, 11) is 0. The minimum atomic E-state index is -0.136. The van der Waals surface area contributed by atoms with Crippen LogP contribution in [0.3, 0.4) is 0 Å². The molecule has 1 unspecified atom stereocenters. The second-order valence-electron chi connectivity index (χ2n) is 3.73. The van der Waals surface area contributed by atoms with E-state index in [0.717, 1.165) is 21.8 Å². The van der Waals surface area contributed by atoms with Crippen LogP contribution in [-0.2, 0) is 0 Å². The van der Waals surface area contributed by atoms with Gasteiger partial charge in [-0.2, -0.15) is 0 Å². The highest BCUT2D eigenvalue weighted by Crippen LogP contribution is 2.26. The van der Waals surface area contributed by atoms with Crippen LogP contribution in [0.1, 0.15) is 12.8 Å². The lowest BCUT2D eigenvalue weighted by Crippen LogP contribution is -2.39. The predicted molar refractivity (Wildman–Crippen MR) is 70.1 cm³/mol. The fourth-order valence-electron chi connectivity index (χ4n) is 1.68. The van der Waals surface area contributed by atoms with Crippen LogP contribution in [0.5, 0.6) is 0 Å². The molecule has 1 aliphatic rings. The number of urea groups is 1. The van der Waals surface area contributed by atoms with Crippen LogP contribution in [0.15, 0.2) is 15.9 Å². The summed E-state index contributed by atoms with van der Waals surface area (Å²) in [5.74, 6) is 0. The van der Waals surface area contributed by atoms with Crippen LogP contribution in [0, 0.1) is 0 Å². The van der Waals surface area contributed by atoms with Crippen molar-refractivity contribution in [2.75, 3.05) is 18.4 Å². The molecule has 0 radical (unpaired) electrons.